The summed E-state index contributed by atoms with van der Waals surface area (Å²) in [4.78, 5) is 16.5. The van der Waals surface area contributed by atoms with Crippen molar-refractivity contribution in [1.29, 1.82) is 0 Å². The molecule has 0 spiro atoms. The van der Waals surface area contributed by atoms with Gasteiger partial charge in [0.25, 0.3) is 5.91 Å². The highest BCUT2D eigenvalue weighted by atomic mass is 32.1. The third kappa shape index (κ3) is 3.78. The first-order chi connectivity index (χ1) is 11.6. The number of para-hydroxylation sites is 2. The van der Waals surface area contributed by atoms with Crippen molar-refractivity contribution in [2.24, 2.45) is 0 Å². The van der Waals surface area contributed by atoms with Crippen molar-refractivity contribution in [1.82, 2.24) is 4.98 Å². The van der Waals surface area contributed by atoms with Crippen LogP contribution in [0.5, 0.6) is 5.75 Å². The SMILES string of the molecule is Cc1nc(-c2ccccc2NC(=O)COc2ccccc2F)cs1. The van der Waals surface area contributed by atoms with Gasteiger partial charge >= 0.3 is 0 Å². The highest BCUT2D eigenvalue weighted by molar-refractivity contribution is 7.09. The number of ether oxygens (including phenoxy) is 1. The zero-order valence-corrected chi connectivity index (χ0v) is 13.8. The first kappa shape index (κ1) is 16.1. The van der Waals surface area contributed by atoms with E-state index in [4.69, 9.17) is 4.74 Å². The van der Waals surface area contributed by atoms with Crippen molar-refractivity contribution in [2.45, 2.75) is 6.92 Å². The van der Waals surface area contributed by atoms with Crippen LogP contribution in [0, 0.1) is 12.7 Å². The Morgan fingerprint density at radius 1 is 1.21 bits per heavy atom. The van der Waals surface area contributed by atoms with Gasteiger partial charge in [0.2, 0.25) is 0 Å². The lowest BCUT2D eigenvalue weighted by molar-refractivity contribution is -0.118. The highest BCUT2D eigenvalue weighted by Crippen LogP contribution is 2.28. The minimum Gasteiger partial charge on any atom is -0.481 e. The molecule has 0 atom stereocenters. The van der Waals surface area contributed by atoms with Crippen molar-refractivity contribution in [3.63, 3.8) is 0 Å². The van der Waals surface area contributed by atoms with Crippen LogP contribution in [-0.4, -0.2) is 17.5 Å². The molecule has 1 amide bonds. The maximum Gasteiger partial charge on any atom is 0.262 e. The number of aromatic nitrogens is 1. The van der Waals surface area contributed by atoms with E-state index in [0.29, 0.717) is 5.69 Å². The van der Waals surface area contributed by atoms with Crippen LogP contribution in [0.25, 0.3) is 11.3 Å². The normalized spacial score (nSPS) is 10.4. The van der Waals surface area contributed by atoms with Gasteiger partial charge < -0.3 is 10.1 Å². The molecular weight excluding hydrogens is 327 g/mol. The average molecular weight is 342 g/mol. The van der Waals surface area contributed by atoms with Crippen LogP contribution in [0.1, 0.15) is 5.01 Å². The molecule has 0 aliphatic carbocycles. The van der Waals surface area contributed by atoms with Gasteiger partial charge in [0, 0.05) is 10.9 Å². The first-order valence-corrected chi connectivity index (χ1v) is 8.20. The summed E-state index contributed by atoms with van der Waals surface area (Å²) in [7, 11) is 0. The molecule has 0 unspecified atom stereocenters. The van der Waals surface area contributed by atoms with E-state index in [1.807, 2.05) is 30.5 Å². The van der Waals surface area contributed by atoms with Gasteiger partial charge in [-0.05, 0) is 25.1 Å². The summed E-state index contributed by atoms with van der Waals surface area (Å²) in [5.41, 5.74) is 2.29. The summed E-state index contributed by atoms with van der Waals surface area (Å²) in [5.74, 6) is -0.808. The maximum absolute atomic E-state index is 13.5. The van der Waals surface area contributed by atoms with Crippen molar-refractivity contribution in [3.05, 3.63) is 64.7 Å². The van der Waals surface area contributed by atoms with Crippen LogP contribution >= 0.6 is 11.3 Å². The van der Waals surface area contributed by atoms with E-state index in [1.165, 1.54) is 12.1 Å². The summed E-state index contributed by atoms with van der Waals surface area (Å²) < 4.78 is 18.7. The molecule has 0 saturated heterocycles. The Hall–Kier alpha value is -2.73. The van der Waals surface area contributed by atoms with Crippen molar-refractivity contribution in [3.8, 4) is 17.0 Å². The molecule has 122 valence electrons. The van der Waals surface area contributed by atoms with Gasteiger partial charge in [-0.1, -0.05) is 30.3 Å². The number of carbonyl (C=O) groups excluding carboxylic acids is 1. The number of rotatable bonds is 5. The van der Waals surface area contributed by atoms with E-state index in [9.17, 15) is 9.18 Å². The standard InChI is InChI=1S/C18H15FN2O2S/c1-12-20-16(11-24-12)13-6-2-4-8-15(13)21-18(22)10-23-17-9-5-3-7-14(17)19/h2-9,11H,10H2,1H3,(H,21,22). The van der Waals surface area contributed by atoms with E-state index in [0.717, 1.165) is 16.3 Å². The van der Waals surface area contributed by atoms with Crippen LogP contribution in [0.4, 0.5) is 10.1 Å². The number of benzene rings is 2. The number of thiazole rings is 1. The topological polar surface area (TPSA) is 51.2 Å². The fourth-order valence-corrected chi connectivity index (χ4v) is 2.81. The molecule has 1 N–H and O–H groups in total. The Balaban J connectivity index is 1.70. The van der Waals surface area contributed by atoms with E-state index >= 15 is 0 Å². The molecule has 3 rings (SSSR count). The van der Waals surface area contributed by atoms with Gasteiger partial charge in [-0.15, -0.1) is 11.3 Å². The fourth-order valence-electron chi connectivity index (χ4n) is 2.19. The van der Waals surface area contributed by atoms with Crippen LogP contribution in [-0.2, 0) is 4.79 Å². The number of nitrogens with one attached hydrogen (secondary N) is 1. The maximum atomic E-state index is 13.5. The van der Waals surface area contributed by atoms with E-state index in [2.05, 4.69) is 10.3 Å². The van der Waals surface area contributed by atoms with Crippen molar-refractivity contribution < 1.29 is 13.9 Å². The number of hydrogen-bond acceptors (Lipinski definition) is 4. The van der Waals surface area contributed by atoms with Gasteiger partial charge in [-0.25, -0.2) is 9.37 Å². The summed E-state index contributed by atoms with van der Waals surface area (Å²) in [6, 6.07) is 13.4. The van der Waals surface area contributed by atoms with Crippen LogP contribution < -0.4 is 10.1 Å². The summed E-state index contributed by atoms with van der Waals surface area (Å²) in [6.07, 6.45) is 0. The lowest BCUT2D eigenvalue weighted by atomic mass is 10.1. The third-order valence-corrected chi connectivity index (χ3v) is 4.07. The Bertz CT molecular complexity index is 863. The minimum atomic E-state index is -0.497. The number of amides is 1. The number of carbonyl (C=O) groups is 1. The number of hydrogen-bond donors (Lipinski definition) is 1. The lowest BCUT2D eigenvalue weighted by Gasteiger charge is -2.11. The monoisotopic (exact) mass is 342 g/mol. The van der Waals surface area contributed by atoms with Crippen LogP contribution in [0.3, 0.4) is 0 Å². The minimum absolute atomic E-state index is 0.0519. The predicted octanol–water partition coefficient (Wildman–Crippen LogP) is 4.28. The molecule has 0 aliphatic rings. The molecule has 0 bridgehead atoms. The molecule has 0 aliphatic heterocycles. The molecule has 0 saturated carbocycles. The Kier molecular flexibility index (Phi) is 4.86. The molecular formula is C18H15FN2O2S. The fraction of sp³-hybridized carbons (Fsp3) is 0.111. The van der Waals surface area contributed by atoms with Gasteiger partial charge in [0.1, 0.15) is 0 Å². The summed E-state index contributed by atoms with van der Waals surface area (Å²) in [5, 5.41) is 5.68. The van der Waals surface area contributed by atoms with E-state index < -0.39 is 5.82 Å². The lowest BCUT2D eigenvalue weighted by Crippen LogP contribution is -2.20. The van der Waals surface area contributed by atoms with Crippen LogP contribution in [0.2, 0.25) is 0 Å². The zero-order valence-electron chi connectivity index (χ0n) is 13.0. The Morgan fingerprint density at radius 2 is 1.96 bits per heavy atom. The zero-order chi connectivity index (χ0) is 16.9. The molecule has 4 nitrogen and oxygen atoms in total. The van der Waals surface area contributed by atoms with Gasteiger partial charge in [-0.2, -0.15) is 0 Å². The largest absolute Gasteiger partial charge is 0.481 e. The molecule has 1 aromatic heterocycles. The molecule has 0 fully saturated rings. The number of anilines is 1. The van der Waals surface area contributed by atoms with Crippen molar-refractivity contribution in [2.75, 3.05) is 11.9 Å². The second-order valence-corrected chi connectivity index (χ2v) is 6.13. The van der Waals surface area contributed by atoms with Gasteiger partial charge in [-0.3, -0.25) is 4.79 Å². The van der Waals surface area contributed by atoms with Crippen LogP contribution in [0.15, 0.2) is 53.9 Å². The molecule has 1 heterocycles. The molecule has 0 radical (unpaired) electrons. The average Bonchev–Trinajstić information content (AvgIpc) is 3.01. The van der Waals surface area contributed by atoms with E-state index in [1.54, 1.807) is 29.5 Å². The molecule has 24 heavy (non-hydrogen) atoms. The van der Waals surface area contributed by atoms with Crippen molar-refractivity contribution >= 4 is 22.9 Å². The number of nitrogens with zero attached hydrogens (tertiary/aromatic N) is 1. The Morgan fingerprint density at radius 3 is 2.71 bits per heavy atom. The smallest absolute Gasteiger partial charge is 0.262 e. The second kappa shape index (κ2) is 7.23. The van der Waals surface area contributed by atoms with E-state index in [-0.39, 0.29) is 18.3 Å². The first-order valence-electron chi connectivity index (χ1n) is 7.32. The molecule has 6 heteroatoms. The molecule has 3 aromatic rings. The van der Waals surface area contributed by atoms with Gasteiger partial charge in [0.05, 0.1) is 16.4 Å². The quantitative estimate of drug-likeness (QED) is 0.753. The Labute approximate surface area is 142 Å². The predicted molar refractivity (Wildman–Crippen MR) is 92.8 cm³/mol. The third-order valence-electron chi connectivity index (χ3n) is 3.29. The summed E-state index contributed by atoms with van der Waals surface area (Å²) in [6.45, 7) is 1.66. The molecule has 2 aromatic carbocycles. The van der Waals surface area contributed by atoms with Gasteiger partial charge in [0.15, 0.2) is 18.2 Å². The number of halogens is 1. The summed E-state index contributed by atoms with van der Waals surface area (Å²) >= 11 is 1.55. The highest BCUT2D eigenvalue weighted by Gasteiger charge is 2.11. The number of aryl methyl sites for hydroxylation is 1. The second-order valence-electron chi connectivity index (χ2n) is 5.06.